The Kier molecular flexibility index (Phi) is 3.90. The number of imidazole rings is 1. The van der Waals surface area contributed by atoms with Crippen molar-refractivity contribution in [2.24, 2.45) is 0 Å². The number of benzene rings is 1. The smallest absolute Gasteiger partial charge is 0.278 e. The van der Waals surface area contributed by atoms with Crippen LogP contribution in [0.4, 0.5) is 5.69 Å². The van der Waals surface area contributed by atoms with Crippen LogP contribution in [0.3, 0.4) is 0 Å². The molecule has 0 radical (unpaired) electrons. The normalized spacial score (nSPS) is 11.5. The number of nitrogens with one attached hydrogen (secondary N) is 2. The van der Waals surface area contributed by atoms with E-state index in [9.17, 15) is 8.42 Å². The number of aromatic amines is 1. The minimum Gasteiger partial charge on any atom is -0.334 e. The molecule has 2 rings (SSSR count). The lowest BCUT2D eigenvalue weighted by atomic mass is 10.0. The van der Waals surface area contributed by atoms with E-state index in [0.717, 1.165) is 24.0 Å². The summed E-state index contributed by atoms with van der Waals surface area (Å²) in [7, 11) is -3.60. The van der Waals surface area contributed by atoms with Gasteiger partial charge in [-0.05, 0) is 24.0 Å². The Bertz CT molecular complexity index is 626. The molecule has 1 aromatic carbocycles. The topological polar surface area (TPSA) is 74.8 Å². The zero-order chi connectivity index (χ0) is 13.9. The maximum Gasteiger partial charge on any atom is 0.278 e. The van der Waals surface area contributed by atoms with Crippen LogP contribution in [0, 0.1) is 0 Å². The van der Waals surface area contributed by atoms with Crippen LogP contribution in [-0.2, 0) is 22.9 Å². The number of aryl methyl sites for hydroxylation is 2. The van der Waals surface area contributed by atoms with Gasteiger partial charge in [-0.15, -0.1) is 0 Å². The first kappa shape index (κ1) is 13.6. The van der Waals surface area contributed by atoms with Crippen molar-refractivity contribution in [2.75, 3.05) is 4.72 Å². The van der Waals surface area contributed by atoms with Gasteiger partial charge in [-0.1, -0.05) is 32.0 Å². The summed E-state index contributed by atoms with van der Waals surface area (Å²) in [6, 6.07) is 5.82. The number of rotatable bonds is 5. The van der Waals surface area contributed by atoms with E-state index in [-0.39, 0.29) is 5.03 Å². The summed E-state index contributed by atoms with van der Waals surface area (Å²) in [5, 5.41) is 0.0699. The highest BCUT2D eigenvalue weighted by molar-refractivity contribution is 7.92. The Hall–Kier alpha value is -1.82. The van der Waals surface area contributed by atoms with E-state index >= 15 is 0 Å². The third kappa shape index (κ3) is 2.78. The quantitative estimate of drug-likeness (QED) is 0.882. The maximum absolute atomic E-state index is 12.2. The molecular formula is C13H17N3O2S. The van der Waals surface area contributed by atoms with Crippen LogP contribution in [0.1, 0.15) is 25.0 Å². The standard InChI is InChI=1S/C13H17N3O2S/c1-3-10-6-5-7-11(4-2)13(10)16-19(17,18)12-8-14-9-15-12/h5-9,16H,3-4H2,1-2H3,(H,14,15). The molecule has 0 spiro atoms. The lowest BCUT2D eigenvalue weighted by molar-refractivity contribution is 0.598. The molecule has 2 N–H and O–H groups in total. The summed E-state index contributed by atoms with van der Waals surface area (Å²) < 4.78 is 27.1. The van der Waals surface area contributed by atoms with Gasteiger partial charge in [0, 0.05) is 0 Å². The van der Waals surface area contributed by atoms with E-state index in [1.54, 1.807) is 0 Å². The molecule has 19 heavy (non-hydrogen) atoms. The van der Waals surface area contributed by atoms with Crippen LogP contribution in [0.15, 0.2) is 35.7 Å². The van der Waals surface area contributed by atoms with Gasteiger partial charge < -0.3 is 4.98 Å². The fourth-order valence-electron chi connectivity index (χ4n) is 1.95. The number of hydrogen-bond acceptors (Lipinski definition) is 3. The minimum atomic E-state index is -3.60. The fraction of sp³-hybridized carbons (Fsp3) is 0.308. The number of H-pyrrole nitrogens is 1. The molecule has 1 aromatic heterocycles. The van der Waals surface area contributed by atoms with Crippen molar-refractivity contribution in [3.8, 4) is 0 Å². The number of aromatic nitrogens is 2. The molecule has 0 saturated carbocycles. The second-order valence-electron chi connectivity index (χ2n) is 4.18. The van der Waals surface area contributed by atoms with E-state index < -0.39 is 10.0 Å². The largest absolute Gasteiger partial charge is 0.334 e. The van der Waals surface area contributed by atoms with Gasteiger partial charge in [0.05, 0.1) is 18.2 Å². The van der Waals surface area contributed by atoms with Crippen molar-refractivity contribution in [3.63, 3.8) is 0 Å². The monoisotopic (exact) mass is 279 g/mol. The highest BCUT2D eigenvalue weighted by Gasteiger charge is 2.18. The molecular weight excluding hydrogens is 262 g/mol. The van der Waals surface area contributed by atoms with Gasteiger partial charge in [0.25, 0.3) is 10.0 Å². The summed E-state index contributed by atoms with van der Waals surface area (Å²) in [6.07, 6.45) is 4.19. The zero-order valence-corrected chi connectivity index (χ0v) is 11.8. The Balaban J connectivity index is 2.44. The molecule has 0 aliphatic heterocycles. The third-order valence-corrected chi connectivity index (χ3v) is 4.27. The van der Waals surface area contributed by atoms with Gasteiger partial charge in [-0.2, -0.15) is 8.42 Å². The fourth-order valence-corrected chi connectivity index (χ4v) is 3.00. The Morgan fingerprint density at radius 2 is 1.84 bits per heavy atom. The highest BCUT2D eigenvalue weighted by Crippen LogP contribution is 2.25. The predicted octanol–water partition coefficient (Wildman–Crippen LogP) is 2.34. The molecule has 0 amide bonds. The van der Waals surface area contributed by atoms with Crippen LogP contribution in [0.25, 0.3) is 0 Å². The highest BCUT2D eigenvalue weighted by atomic mass is 32.2. The van der Waals surface area contributed by atoms with Gasteiger partial charge in [-0.3, -0.25) is 4.72 Å². The van der Waals surface area contributed by atoms with Gasteiger partial charge in [0.2, 0.25) is 0 Å². The minimum absolute atomic E-state index is 0.0699. The van der Waals surface area contributed by atoms with E-state index in [4.69, 9.17) is 0 Å². The lowest BCUT2D eigenvalue weighted by Crippen LogP contribution is -2.16. The maximum atomic E-state index is 12.2. The first-order valence-corrected chi connectivity index (χ1v) is 7.68. The van der Waals surface area contributed by atoms with Crippen molar-refractivity contribution in [1.29, 1.82) is 0 Å². The van der Waals surface area contributed by atoms with E-state index in [1.165, 1.54) is 12.5 Å². The van der Waals surface area contributed by atoms with E-state index in [1.807, 2.05) is 32.0 Å². The van der Waals surface area contributed by atoms with E-state index in [0.29, 0.717) is 5.69 Å². The molecule has 1 heterocycles. The van der Waals surface area contributed by atoms with Gasteiger partial charge in [-0.25, -0.2) is 4.98 Å². The third-order valence-electron chi connectivity index (χ3n) is 3.00. The Labute approximate surface area is 113 Å². The van der Waals surface area contributed by atoms with Crippen molar-refractivity contribution in [3.05, 3.63) is 41.9 Å². The SMILES string of the molecule is CCc1cccc(CC)c1NS(=O)(=O)c1cnc[nH]1. The first-order chi connectivity index (χ1) is 9.08. The molecule has 2 aromatic rings. The van der Waals surface area contributed by atoms with Gasteiger partial charge in [0.1, 0.15) is 0 Å². The van der Waals surface area contributed by atoms with Crippen LogP contribution in [0.5, 0.6) is 0 Å². The summed E-state index contributed by atoms with van der Waals surface area (Å²) in [5.41, 5.74) is 2.66. The molecule has 6 heteroatoms. The lowest BCUT2D eigenvalue weighted by Gasteiger charge is -2.14. The van der Waals surface area contributed by atoms with Crippen LogP contribution >= 0.6 is 0 Å². The molecule has 102 valence electrons. The van der Waals surface area contributed by atoms with Crippen LogP contribution < -0.4 is 4.72 Å². The van der Waals surface area contributed by atoms with Crippen molar-refractivity contribution >= 4 is 15.7 Å². The predicted molar refractivity (Wildman–Crippen MR) is 74.6 cm³/mol. The number of hydrogen-bond donors (Lipinski definition) is 2. The molecule has 0 bridgehead atoms. The number of para-hydroxylation sites is 1. The average molecular weight is 279 g/mol. The summed E-state index contributed by atoms with van der Waals surface area (Å²) >= 11 is 0. The molecule has 0 aliphatic rings. The first-order valence-electron chi connectivity index (χ1n) is 6.20. The van der Waals surface area contributed by atoms with Crippen molar-refractivity contribution in [2.45, 2.75) is 31.7 Å². The summed E-state index contributed by atoms with van der Waals surface area (Å²) in [5.74, 6) is 0. The van der Waals surface area contributed by atoms with Crippen LogP contribution in [0.2, 0.25) is 0 Å². The molecule has 0 unspecified atom stereocenters. The second-order valence-corrected chi connectivity index (χ2v) is 5.83. The van der Waals surface area contributed by atoms with Gasteiger partial charge >= 0.3 is 0 Å². The average Bonchev–Trinajstić information content (AvgIpc) is 2.93. The van der Waals surface area contributed by atoms with Crippen LogP contribution in [-0.4, -0.2) is 18.4 Å². The zero-order valence-electron chi connectivity index (χ0n) is 11.0. The Morgan fingerprint density at radius 3 is 2.32 bits per heavy atom. The second kappa shape index (κ2) is 5.44. The number of sulfonamides is 1. The molecule has 5 nitrogen and oxygen atoms in total. The van der Waals surface area contributed by atoms with Gasteiger partial charge in [0.15, 0.2) is 5.03 Å². The molecule has 0 aliphatic carbocycles. The summed E-state index contributed by atoms with van der Waals surface area (Å²) in [6.45, 7) is 4.01. The molecule has 0 fully saturated rings. The number of anilines is 1. The molecule has 0 atom stereocenters. The van der Waals surface area contributed by atoms with E-state index in [2.05, 4.69) is 14.7 Å². The number of nitrogens with zero attached hydrogens (tertiary/aromatic N) is 1. The van der Waals surface area contributed by atoms with Crippen molar-refractivity contribution < 1.29 is 8.42 Å². The van der Waals surface area contributed by atoms with Crippen molar-refractivity contribution in [1.82, 2.24) is 9.97 Å². The summed E-state index contributed by atoms with van der Waals surface area (Å²) in [4.78, 5) is 6.35. The molecule has 0 saturated heterocycles. The Morgan fingerprint density at radius 1 is 1.21 bits per heavy atom.